The molecule has 0 bridgehead atoms. The van der Waals surface area contributed by atoms with Crippen molar-refractivity contribution in [2.75, 3.05) is 11.9 Å². The molecule has 2 aromatic rings. The lowest BCUT2D eigenvalue weighted by Gasteiger charge is -2.17. The van der Waals surface area contributed by atoms with Gasteiger partial charge in [0.05, 0.1) is 29.1 Å². The number of fused-ring (bicyclic) bond motifs is 1. The molecule has 3 atom stereocenters. The fourth-order valence-corrected chi connectivity index (χ4v) is 4.40. The van der Waals surface area contributed by atoms with Crippen molar-refractivity contribution in [3.63, 3.8) is 0 Å². The summed E-state index contributed by atoms with van der Waals surface area (Å²) in [6.07, 6.45) is 4.98. The normalized spacial score (nSPS) is 20.3. The molecule has 2 aromatic carbocycles. The Morgan fingerprint density at radius 3 is 2.21 bits per heavy atom. The van der Waals surface area contributed by atoms with Gasteiger partial charge in [-0.2, -0.15) is 0 Å². The van der Waals surface area contributed by atoms with Crippen molar-refractivity contribution in [2.45, 2.75) is 32.2 Å². The lowest BCUT2D eigenvalue weighted by atomic mass is 9.85. The number of carbonyl (C=O) groups is 4. The molecule has 7 nitrogen and oxygen atoms in total. The molecular weight excluding hydrogens is 418 g/mol. The Morgan fingerprint density at radius 1 is 0.939 bits per heavy atom. The molecule has 33 heavy (non-hydrogen) atoms. The van der Waals surface area contributed by atoms with Crippen LogP contribution in [0.2, 0.25) is 0 Å². The molecule has 2 aliphatic rings. The molecule has 1 heterocycles. The molecule has 170 valence electrons. The van der Waals surface area contributed by atoms with Crippen molar-refractivity contribution in [2.24, 2.45) is 11.8 Å². The van der Waals surface area contributed by atoms with Gasteiger partial charge in [-0.3, -0.25) is 24.1 Å². The smallest absolute Gasteiger partial charge is 0.253 e. The molecular formula is C26H27N3O4. The third-order valence-electron chi connectivity index (χ3n) is 6.25. The van der Waals surface area contributed by atoms with Crippen LogP contribution in [-0.2, 0) is 14.4 Å². The van der Waals surface area contributed by atoms with E-state index in [9.17, 15) is 19.2 Å². The van der Waals surface area contributed by atoms with Crippen LogP contribution in [-0.4, -0.2) is 35.1 Å². The first kappa shape index (κ1) is 22.5. The number of amides is 4. The van der Waals surface area contributed by atoms with Crippen molar-refractivity contribution in [1.29, 1.82) is 0 Å². The Bertz CT molecular complexity index is 1070. The van der Waals surface area contributed by atoms with Crippen LogP contribution in [0.3, 0.4) is 0 Å². The van der Waals surface area contributed by atoms with Crippen molar-refractivity contribution < 1.29 is 19.2 Å². The first-order chi connectivity index (χ1) is 16.0. The van der Waals surface area contributed by atoms with E-state index in [1.54, 1.807) is 24.3 Å². The largest absolute Gasteiger partial charge is 0.345 e. The van der Waals surface area contributed by atoms with Gasteiger partial charge in [0, 0.05) is 13.0 Å². The molecule has 7 heteroatoms. The van der Waals surface area contributed by atoms with Crippen LogP contribution < -0.4 is 10.6 Å². The van der Waals surface area contributed by atoms with Crippen molar-refractivity contribution in [3.8, 4) is 0 Å². The molecule has 0 unspecified atom stereocenters. The summed E-state index contributed by atoms with van der Waals surface area (Å²) in [7, 11) is 0. The highest BCUT2D eigenvalue weighted by Crippen LogP contribution is 2.35. The first-order valence-electron chi connectivity index (χ1n) is 11.2. The lowest BCUT2D eigenvalue weighted by molar-refractivity contribution is -0.140. The lowest BCUT2D eigenvalue weighted by Crippen LogP contribution is -2.34. The van der Waals surface area contributed by atoms with Gasteiger partial charge in [0.1, 0.15) is 0 Å². The number of hydrogen-bond donors (Lipinski definition) is 2. The Labute approximate surface area is 192 Å². The summed E-state index contributed by atoms with van der Waals surface area (Å²) in [6, 6.07) is 16.2. The molecule has 4 amide bonds. The highest BCUT2D eigenvalue weighted by Gasteiger charge is 2.46. The number of carbonyl (C=O) groups excluding carboxylic acids is 4. The number of benzene rings is 2. The number of rotatable bonds is 7. The second-order valence-corrected chi connectivity index (χ2v) is 8.43. The molecule has 4 rings (SSSR count). The third-order valence-corrected chi connectivity index (χ3v) is 6.25. The standard InChI is InChI=1S/C26H27N3O4/c1-17(18-9-3-2-4-10-18)27-24(31)21-13-7-8-14-22(21)28-23(30)15-16-29-25(32)19-11-5-6-12-20(19)26(29)33/h2-10,13-14,17,19-20H,11-12,15-16H2,1H3,(H,27,31)(H,28,30)/t17-,19-,20+/m0/s1. The number of allylic oxidation sites excluding steroid dienone is 2. The van der Waals surface area contributed by atoms with Crippen LogP contribution in [0.25, 0.3) is 0 Å². The zero-order valence-corrected chi connectivity index (χ0v) is 18.5. The summed E-state index contributed by atoms with van der Waals surface area (Å²) in [5.41, 5.74) is 1.71. The zero-order valence-electron chi connectivity index (χ0n) is 18.5. The van der Waals surface area contributed by atoms with E-state index in [1.165, 1.54) is 4.90 Å². The molecule has 1 saturated heterocycles. The van der Waals surface area contributed by atoms with E-state index in [-0.39, 0.29) is 54.5 Å². The predicted octanol–water partition coefficient (Wildman–Crippen LogP) is 3.46. The molecule has 1 aliphatic carbocycles. The molecule has 1 fully saturated rings. The van der Waals surface area contributed by atoms with Crippen molar-refractivity contribution in [3.05, 3.63) is 77.9 Å². The molecule has 0 saturated carbocycles. The zero-order chi connectivity index (χ0) is 23.4. The van der Waals surface area contributed by atoms with Gasteiger partial charge < -0.3 is 10.6 Å². The topological polar surface area (TPSA) is 95.6 Å². The summed E-state index contributed by atoms with van der Waals surface area (Å²) in [5.74, 6) is -1.67. The molecule has 1 aliphatic heterocycles. The number of hydrogen-bond acceptors (Lipinski definition) is 4. The van der Waals surface area contributed by atoms with Crippen LogP contribution in [0.1, 0.15) is 48.1 Å². The minimum atomic E-state index is -0.361. The maximum Gasteiger partial charge on any atom is 0.253 e. The van der Waals surface area contributed by atoms with Crippen LogP contribution in [0, 0.1) is 11.8 Å². The van der Waals surface area contributed by atoms with Gasteiger partial charge in [-0.25, -0.2) is 0 Å². The van der Waals surface area contributed by atoms with E-state index in [1.807, 2.05) is 49.4 Å². The maximum absolute atomic E-state index is 12.9. The van der Waals surface area contributed by atoms with Crippen LogP contribution >= 0.6 is 0 Å². The summed E-state index contributed by atoms with van der Waals surface area (Å²) in [6.45, 7) is 1.93. The van der Waals surface area contributed by atoms with Crippen molar-refractivity contribution >= 4 is 29.3 Å². The van der Waals surface area contributed by atoms with Crippen LogP contribution in [0.15, 0.2) is 66.7 Å². The highest BCUT2D eigenvalue weighted by molar-refractivity contribution is 6.06. The second kappa shape index (κ2) is 9.81. The fraction of sp³-hybridized carbons (Fsp3) is 0.308. The quantitative estimate of drug-likeness (QED) is 0.504. The number of nitrogens with zero attached hydrogens (tertiary/aromatic N) is 1. The molecule has 0 aromatic heterocycles. The third kappa shape index (κ3) is 4.87. The SMILES string of the molecule is C[C@H](NC(=O)c1ccccc1NC(=O)CCN1C(=O)[C@H]2CC=CC[C@H]2C1=O)c1ccccc1. The maximum atomic E-state index is 12.9. The van der Waals surface area contributed by atoms with Gasteiger partial charge in [0.25, 0.3) is 5.91 Å². The number of para-hydroxylation sites is 1. The predicted molar refractivity (Wildman–Crippen MR) is 124 cm³/mol. The van der Waals surface area contributed by atoms with Gasteiger partial charge in [0.15, 0.2) is 0 Å². The highest BCUT2D eigenvalue weighted by atomic mass is 16.2. The van der Waals surface area contributed by atoms with E-state index >= 15 is 0 Å². The average Bonchev–Trinajstić information content (AvgIpc) is 3.08. The van der Waals surface area contributed by atoms with E-state index in [4.69, 9.17) is 0 Å². The van der Waals surface area contributed by atoms with Gasteiger partial charge in [0.2, 0.25) is 17.7 Å². The Kier molecular flexibility index (Phi) is 6.68. The number of likely N-dealkylation sites (tertiary alicyclic amines) is 1. The van der Waals surface area contributed by atoms with Gasteiger partial charge in [-0.15, -0.1) is 0 Å². The molecule has 0 spiro atoms. The second-order valence-electron chi connectivity index (χ2n) is 8.43. The summed E-state index contributed by atoms with van der Waals surface area (Å²) in [5, 5.41) is 5.71. The van der Waals surface area contributed by atoms with Crippen LogP contribution in [0.5, 0.6) is 0 Å². The van der Waals surface area contributed by atoms with E-state index in [0.717, 1.165) is 5.56 Å². The first-order valence-corrected chi connectivity index (χ1v) is 11.2. The summed E-state index contributed by atoms with van der Waals surface area (Å²) in [4.78, 5) is 51.8. The van der Waals surface area contributed by atoms with Gasteiger partial charge in [-0.1, -0.05) is 54.6 Å². The molecule has 0 radical (unpaired) electrons. The Morgan fingerprint density at radius 2 is 1.55 bits per heavy atom. The summed E-state index contributed by atoms with van der Waals surface area (Å²) >= 11 is 0. The van der Waals surface area contributed by atoms with Gasteiger partial charge >= 0.3 is 0 Å². The fourth-order valence-electron chi connectivity index (χ4n) is 4.40. The minimum absolute atomic E-state index is 0.0271. The monoisotopic (exact) mass is 445 g/mol. The van der Waals surface area contributed by atoms with E-state index < -0.39 is 0 Å². The molecule has 2 N–H and O–H groups in total. The summed E-state index contributed by atoms with van der Waals surface area (Å²) < 4.78 is 0. The number of nitrogens with one attached hydrogen (secondary N) is 2. The minimum Gasteiger partial charge on any atom is -0.345 e. The van der Waals surface area contributed by atoms with E-state index in [2.05, 4.69) is 10.6 Å². The number of anilines is 1. The van der Waals surface area contributed by atoms with Crippen molar-refractivity contribution in [1.82, 2.24) is 10.2 Å². The van der Waals surface area contributed by atoms with E-state index in [0.29, 0.717) is 24.1 Å². The Hall–Kier alpha value is -3.74. The number of imide groups is 1. The van der Waals surface area contributed by atoms with Crippen LogP contribution in [0.4, 0.5) is 5.69 Å². The average molecular weight is 446 g/mol. The van der Waals surface area contributed by atoms with Gasteiger partial charge in [-0.05, 0) is 37.5 Å². The Balaban J connectivity index is 1.36.